The number of urea groups is 2. The predicted octanol–water partition coefficient (Wildman–Crippen LogP) is 21.2. The number of fused-ring (bicyclic) bond motifs is 4. The molecule has 6 aromatic heterocycles. The van der Waals surface area contributed by atoms with E-state index in [4.69, 9.17) is 46.4 Å². The molecule has 2 aliphatic rings. The zero-order valence-electron chi connectivity index (χ0n) is 72.9. The number of rotatable bonds is 20. The summed E-state index contributed by atoms with van der Waals surface area (Å²) >= 11 is 25.3. The Hall–Kier alpha value is -16.4. The van der Waals surface area contributed by atoms with Crippen LogP contribution in [-0.2, 0) is 20.0 Å². The Balaban J connectivity index is 0.000000133. The van der Waals surface area contributed by atoms with Gasteiger partial charge in [-0.1, -0.05) is 174 Å². The van der Waals surface area contributed by atoms with Gasteiger partial charge in [-0.05, 0) is 183 Å². The minimum Gasteiger partial charge on any atom is -0.341 e. The van der Waals surface area contributed by atoms with Crippen LogP contribution in [0.2, 0.25) is 15.1 Å². The third-order valence-corrected chi connectivity index (χ3v) is 26.0. The van der Waals surface area contributed by atoms with Crippen molar-refractivity contribution in [1.29, 1.82) is 0 Å². The molecule has 0 bridgehead atoms. The Bertz CT molecular complexity index is 7570. The van der Waals surface area contributed by atoms with Crippen LogP contribution in [0.4, 0.5) is 49.4 Å². The summed E-state index contributed by atoms with van der Waals surface area (Å²) in [5.74, 6) is -1.47. The molecule has 30 nitrogen and oxygen atoms in total. The molecule has 1 aliphatic carbocycles. The van der Waals surface area contributed by atoms with E-state index in [1.165, 1.54) is 87.0 Å². The highest BCUT2D eigenvalue weighted by molar-refractivity contribution is 7.96. The molecule has 688 valence electrons. The van der Waals surface area contributed by atoms with Crippen LogP contribution in [-0.4, -0.2) is 133 Å². The Kier molecular flexibility index (Phi) is 30.1. The number of nitrogens with one attached hydrogen (secondary N) is 9. The summed E-state index contributed by atoms with van der Waals surface area (Å²) in [6.07, 6.45) is 18.7. The van der Waals surface area contributed by atoms with E-state index in [0.29, 0.717) is 81.8 Å². The molecule has 11 aromatic carbocycles. The summed E-state index contributed by atoms with van der Waals surface area (Å²) in [6.45, 7) is 1.42. The second-order valence-corrected chi connectivity index (χ2v) is 35.9. The van der Waals surface area contributed by atoms with Crippen molar-refractivity contribution >= 4 is 186 Å². The van der Waals surface area contributed by atoms with E-state index >= 15 is 0 Å². The second-order valence-electron chi connectivity index (χ2n) is 30.9. The number of allylic oxidation sites excluding steroid dienone is 1. The lowest BCUT2D eigenvalue weighted by atomic mass is 10.1. The number of hydrogen-bond acceptors (Lipinski definition) is 20. The summed E-state index contributed by atoms with van der Waals surface area (Å²) in [4.78, 5) is 119. The number of aromatic nitrogens is 10. The van der Waals surface area contributed by atoms with Gasteiger partial charge in [-0.3, -0.25) is 38.6 Å². The first-order chi connectivity index (χ1) is 66.9. The fourth-order valence-electron chi connectivity index (χ4n) is 15.0. The van der Waals surface area contributed by atoms with E-state index in [9.17, 15) is 45.6 Å². The zero-order chi connectivity index (χ0) is 96.2. The van der Waals surface area contributed by atoms with Crippen LogP contribution in [0.5, 0.6) is 0 Å². The van der Waals surface area contributed by atoms with Crippen LogP contribution >= 0.6 is 46.4 Å². The van der Waals surface area contributed by atoms with Gasteiger partial charge >= 0.3 is 12.1 Å². The monoisotopic (exact) mass is 1950 g/mol. The van der Waals surface area contributed by atoms with Crippen molar-refractivity contribution in [3.8, 4) is 45.0 Å². The molecule has 36 heteroatoms. The maximum Gasteiger partial charge on any atom is 0.321 e. The molecule has 8 amide bonds. The number of amides is 8. The Morgan fingerprint density at radius 1 is 0.362 bits per heavy atom. The van der Waals surface area contributed by atoms with Crippen LogP contribution in [0, 0.1) is 0 Å². The van der Waals surface area contributed by atoms with E-state index in [1.807, 2.05) is 146 Å². The average molecular weight is 1950 g/mol. The van der Waals surface area contributed by atoms with Crippen LogP contribution in [0.3, 0.4) is 0 Å². The van der Waals surface area contributed by atoms with Crippen molar-refractivity contribution in [3.63, 3.8) is 0 Å². The molecule has 9 N–H and O–H groups in total. The molecule has 0 saturated carbocycles. The molecule has 1 aliphatic heterocycles. The van der Waals surface area contributed by atoms with Gasteiger partial charge in [0.2, 0.25) is 0 Å². The van der Waals surface area contributed by atoms with Crippen molar-refractivity contribution in [2.75, 3.05) is 56.2 Å². The van der Waals surface area contributed by atoms with E-state index in [-0.39, 0.29) is 76.7 Å². The number of benzene rings is 11. The lowest BCUT2D eigenvalue weighted by Crippen LogP contribution is -2.40. The summed E-state index contributed by atoms with van der Waals surface area (Å²) in [7, 11) is -6.43. The largest absolute Gasteiger partial charge is 0.341 e. The fourth-order valence-corrected chi connectivity index (χ4v) is 18.8. The molecule has 1 fully saturated rings. The van der Waals surface area contributed by atoms with E-state index in [1.54, 1.807) is 115 Å². The number of hydrogen-bond donors (Lipinski definition) is 9. The number of likely N-dealkylation sites (tertiary alicyclic amines) is 1. The number of nitrogens with zero attached hydrogens (tertiary/aromatic N) is 11. The predicted molar refractivity (Wildman–Crippen MR) is 540 cm³/mol. The number of piperidine rings is 1. The molecule has 0 spiro atoms. The van der Waals surface area contributed by atoms with Crippen LogP contribution in [0.15, 0.2) is 350 Å². The number of para-hydroxylation sites is 4. The van der Waals surface area contributed by atoms with Gasteiger partial charge in [-0.2, -0.15) is 0 Å². The number of halogens is 4. The van der Waals surface area contributed by atoms with Gasteiger partial charge < -0.3 is 42.1 Å². The van der Waals surface area contributed by atoms with Crippen molar-refractivity contribution < 1.29 is 45.6 Å². The SMILES string of the molecule is CNC(=O)NC1C=C(Cl)C(S(=O)(=O)Nc2cccc(-c3ncnc4ccccc34)c2)=CC1.O=C(Nc1ccc(S(=O)(=O)Nc2cccc(-c3ncnc4ccccc34)c2)c(Cl)c1)N1CCCCC1.O=C(Nc1cccnc1)c1ccc(C(=O)Nc2cccc(-c3ncnc4ccccc34)c2)c(Cl)c1.O=C(Nc1ccncc1)c1ccc(C(=O)Nc2cccc(-c3ncnc4ccccc34)c2)c(Cl)c1. The topological polar surface area (TPSA) is 411 Å². The second kappa shape index (κ2) is 43.8. The van der Waals surface area contributed by atoms with Crippen LogP contribution in [0.1, 0.15) is 67.1 Å². The standard InChI is InChI=1S/2C27H18ClN5O2.C26H24ClN5O3S.C22H20ClN5O3S/c28-23-14-18(26(34)33-20-7-4-12-29-15-20)10-11-21(23)27(35)32-19-6-3-5-17(13-19)25-22-8-1-2-9-24(22)30-16-31-25;28-23-15-18(26(34)32-19-10-12-29-13-11-19)8-9-21(23)27(35)33-20-5-3-4-17(14-20)25-22-6-1-2-7-24(22)30-16-31-25;27-22-16-19(30-26(33)32-13-4-1-5-14-32)11-12-24(22)36(34,35)31-20-8-6-7-18(15-20)25-21-9-2-3-10-23(21)28-17-29-25;1-24-22(29)27-15-9-10-20(18(23)12-15)32(30,31)28-16-6-4-5-14(11-16)21-17-7-2-3-8-19(17)25-13-26-21/h1-16H,(H,32,35)(H,33,34);1-16H,(H,33,35)(H,29,32,34);2-3,6-12,15-17,31H,1,4-5,13-14H2,(H,30,33);2-8,10-13,15,28H,9H2,1H3,(H2,24,27,29). The minimum atomic E-state index is -3.99. The normalized spacial score (nSPS) is 12.8. The quantitative estimate of drug-likeness (QED) is 0.0342. The Morgan fingerprint density at radius 3 is 1.20 bits per heavy atom. The Labute approximate surface area is 811 Å². The van der Waals surface area contributed by atoms with E-state index in [0.717, 1.165) is 96.5 Å². The molecular formula is C102H80Cl4N20O10S2. The highest BCUT2D eigenvalue weighted by Gasteiger charge is 2.28. The van der Waals surface area contributed by atoms with Gasteiger partial charge in [-0.25, -0.2) is 66.3 Å². The lowest BCUT2D eigenvalue weighted by molar-refractivity contribution is 0.101. The maximum atomic E-state index is 13.1. The van der Waals surface area contributed by atoms with Gasteiger partial charge in [0.15, 0.2) is 0 Å². The third-order valence-electron chi connectivity index (χ3n) is 21.6. The summed E-state index contributed by atoms with van der Waals surface area (Å²) < 4.78 is 57.4. The van der Waals surface area contributed by atoms with Gasteiger partial charge in [0.25, 0.3) is 43.7 Å². The van der Waals surface area contributed by atoms with E-state index in [2.05, 4.69) is 96.5 Å². The van der Waals surface area contributed by atoms with Crippen molar-refractivity contribution in [1.82, 2.24) is 65.4 Å². The molecule has 17 aromatic rings. The first-order valence-corrected chi connectivity index (χ1v) is 47.2. The molecule has 1 atom stereocenters. The summed E-state index contributed by atoms with van der Waals surface area (Å²) in [5, 5.41) is 23.1. The number of anilines is 7. The highest BCUT2D eigenvalue weighted by Crippen LogP contribution is 2.37. The average Bonchev–Trinajstić information content (AvgIpc) is 0.797. The molecule has 1 saturated heterocycles. The van der Waals surface area contributed by atoms with Crippen LogP contribution < -0.4 is 46.7 Å². The summed E-state index contributed by atoms with van der Waals surface area (Å²) in [6, 6.07) is 78.8. The maximum absolute atomic E-state index is 13.1. The highest BCUT2D eigenvalue weighted by atomic mass is 35.5. The molecule has 19 rings (SSSR count). The summed E-state index contributed by atoms with van der Waals surface area (Å²) in [5.41, 5.74) is 14.1. The molecular weight excluding hydrogens is 1870 g/mol. The lowest BCUT2D eigenvalue weighted by Gasteiger charge is -2.26. The molecule has 7 heterocycles. The van der Waals surface area contributed by atoms with Gasteiger partial charge in [0.1, 0.15) is 35.1 Å². The number of sulfonamides is 2. The molecule has 138 heavy (non-hydrogen) atoms. The van der Waals surface area contributed by atoms with Crippen LogP contribution in [0.25, 0.3) is 88.6 Å². The smallest absolute Gasteiger partial charge is 0.321 e. The number of carbonyl (C=O) groups excluding carboxylic acids is 6. The van der Waals surface area contributed by atoms with Crippen molar-refractivity contribution in [3.05, 3.63) is 382 Å². The first kappa shape index (κ1) is 94.8. The Morgan fingerprint density at radius 2 is 0.775 bits per heavy atom. The number of carbonyl (C=O) groups is 6. The molecule has 0 radical (unpaired) electrons. The minimum absolute atomic E-state index is 0.0110. The molecule has 1 unspecified atom stereocenters. The van der Waals surface area contributed by atoms with E-state index < -0.39 is 26.1 Å². The van der Waals surface area contributed by atoms with Gasteiger partial charge in [0.05, 0.1) is 94.0 Å². The van der Waals surface area contributed by atoms with Gasteiger partial charge in [-0.15, -0.1) is 0 Å². The van der Waals surface area contributed by atoms with Crippen molar-refractivity contribution in [2.24, 2.45) is 0 Å². The number of pyridine rings is 2. The zero-order valence-corrected chi connectivity index (χ0v) is 77.6. The first-order valence-electron chi connectivity index (χ1n) is 42.8. The van der Waals surface area contributed by atoms with Crippen molar-refractivity contribution in [2.45, 2.75) is 36.6 Å². The van der Waals surface area contributed by atoms with Gasteiger partial charge in [0, 0.05) is 128 Å². The third kappa shape index (κ3) is 23.5. The fraction of sp³-hybridized carbons (Fsp3) is 0.0784.